The van der Waals surface area contributed by atoms with Crippen LogP contribution >= 0.6 is 0 Å². The Morgan fingerprint density at radius 3 is 2.67 bits per heavy atom. The summed E-state index contributed by atoms with van der Waals surface area (Å²) in [4.78, 5) is 0. The lowest BCUT2D eigenvalue weighted by molar-refractivity contribution is 0.123. The molecule has 15 heavy (non-hydrogen) atoms. The first kappa shape index (κ1) is 12.3. The topological polar surface area (TPSA) is 36.2 Å². The molecular weight excluding hydrogens is 184 g/mol. The van der Waals surface area contributed by atoms with Crippen LogP contribution in [0.15, 0.2) is 17.3 Å². The second kappa shape index (κ2) is 4.82. The Morgan fingerprint density at radius 1 is 1.47 bits per heavy atom. The summed E-state index contributed by atoms with van der Waals surface area (Å²) in [5, 5.41) is 3.43. The van der Waals surface area contributed by atoms with Gasteiger partial charge in [0.2, 0.25) is 0 Å². The molecule has 1 radical (unpaired) electrons. The van der Waals surface area contributed by atoms with Crippen molar-refractivity contribution >= 4 is 5.71 Å². The Balaban J connectivity index is 2.76. The van der Waals surface area contributed by atoms with Crippen molar-refractivity contribution in [3.63, 3.8) is 0 Å². The summed E-state index contributed by atoms with van der Waals surface area (Å²) in [5.74, 6) is 8.29. The Kier molecular flexibility index (Phi) is 3.95. The monoisotopic (exact) mass is 207 g/mol. The standard InChI is InChI=1S/C13H23N2/c1-10-6-5-9-13(3,4)12(10)8-7-11(2)15-14/h7-8,10,12,14H,5-6,9H2,1-4H3/b8-7+,15-11?. The summed E-state index contributed by atoms with van der Waals surface area (Å²) in [6.45, 7) is 8.92. The van der Waals surface area contributed by atoms with E-state index in [4.69, 9.17) is 5.84 Å². The molecule has 85 valence electrons. The van der Waals surface area contributed by atoms with Crippen LogP contribution in [0, 0.1) is 17.3 Å². The van der Waals surface area contributed by atoms with Crippen molar-refractivity contribution in [3.8, 4) is 0 Å². The molecule has 0 aromatic carbocycles. The lowest BCUT2D eigenvalue weighted by Crippen LogP contribution is -2.32. The zero-order chi connectivity index (χ0) is 11.5. The van der Waals surface area contributed by atoms with Crippen LogP contribution in [0.1, 0.15) is 47.0 Å². The molecule has 1 aliphatic carbocycles. The Hall–Kier alpha value is -0.790. The van der Waals surface area contributed by atoms with Gasteiger partial charge in [-0.2, -0.15) is 5.10 Å². The predicted octanol–water partition coefficient (Wildman–Crippen LogP) is 3.66. The smallest absolute Gasteiger partial charge is 0.0589 e. The fourth-order valence-electron chi connectivity index (χ4n) is 2.73. The maximum Gasteiger partial charge on any atom is 0.0589 e. The van der Waals surface area contributed by atoms with Gasteiger partial charge < -0.3 is 0 Å². The van der Waals surface area contributed by atoms with Crippen LogP contribution < -0.4 is 5.84 Å². The van der Waals surface area contributed by atoms with Gasteiger partial charge in [0.25, 0.3) is 0 Å². The Bertz CT molecular complexity index is 264. The average molecular weight is 207 g/mol. The van der Waals surface area contributed by atoms with Gasteiger partial charge in [-0.1, -0.05) is 39.7 Å². The highest BCUT2D eigenvalue weighted by Crippen LogP contribution is 2.44. The number of nitrogens with one attached hydrogen (secondary N) is 1. The van der Waals surface area contributed by atoms with Crippen LogP contribution in [-0.4, -0.2) is 5.71 Å². The highest BCUT2D eigenvalue weighted by Gasteiger charge is 2.34. The van der Waals surface area contributed by atoms with Gasteiger partial charge in [-0.25, -0.2) is 5.84 Å². The van der Waals surface area contributed by atoms with Gasteiger partial charge in [-0.3, -0.25) is 0 Å². The number of allylic oxidation sites excluding steroid dienone is 2. The molecule has 1 saturated carbocycles. The van der Waals surface area contributed by atoms with Gasteiger partial charge in [0.05, 0.1) is 5.71 Å². The van der Waals surface area contributed by atoms with Gasteiger partial charge in [-0.05, 0) is 36.7 Å². The lowest BCUT2D eigenvalue weighted by atomic mass is 9.64. The summed E-state index contributed by atoms with van der Waals surface area (Å²) >= 11 is 0. The highest BCUT2D eigenvalue weighted by molar-refractivity contribution is 5.92. The molecule has 1 fully saturated rings. The third-order valence-electron chi connectivity index (χ3n) is 3.72. The van der Waals surface area contributed by atoms with E-state index in [9.17, 15) is 0 Å². The van der Waals surface area contributed by atoms with E-state index in [1.807, 2.05) is 13.0 Å². The van der Waals surface area contributed by atoms with Crippen molar-refractivity contribution in [1.29, 1.82) is 0 Å². The van der Waals surface area contributed by atoms with Crippen LogP contribution in [0.4, 0.5) is 0 Å². The van der Waals surface area contributed by atoms with E-state index in [-0.39, 0.29) is 0 Å². The number of nitrogens with zero attached hydrogens (tertiary/aromatic N) is 1. The quantitative estimate of drug-likeness (QED) is 0.489. The van der Waals surface area contributed by atoms with Gasteiger partial charge in [0.15, 0.2) is 0 Å². The third kappa shape index (κ3) is 3.08. The number of hydrogen-bond acceptors (Lipinski definition) is 1. The first-order chi connectivity index (χ1) is 6.97. The second-order valence-corrected chi connectivity index (χ2v) is 5.50. The highest BCUT2D eigenvalue weighted by atomic mass is 15.1. The summed E-state index contributed by atoms with van der Waals surface area (Å²) < 4.78 is 0. The Labute approximate surface area is 93.6 Å². The van der Waals surface area contributed by atoms with Gasteiger partial charge in [0.1, 0.15) is 0 Å². The third-order valence-corrected chi connectivity index (χ3v) is 3.72. The van der Waals surface area contributed by atoms with E-state index >= 15 is 0 Å². The predicted molar refractivity (Wildman–Crippen MR) is 65.6 cm³/mol. The molecule has 0 saturated heterocycles. The van der Waals surface area contributed by atoms with Crippen LogP contribution in [0.3, 0.4) is 0 Å². The van der Waals surface area contributed by atoms with E-state index < -0.39 is 0 Å². The molecule has 0 spiro atoms. The average Bonchev–Trinajstić information content (AvgIpc) is 2.15. The first-order valence-electron chi connectivity index (χ1n) is 5.86. The molecule has 0 bridgehead atoms. The molecule has 2 atom stereocenters. The molecule has 2 heteroatoms. The molecule has 0 aromatic heterocycles. The minimum atomic E-state index is 0.399. The molecule has 1 N–H and O–H groups in total. The molecule has 0 heterocycles. The second-order valence-electron chi connectivity index (χ2n) is 5.50. The van der Waals surface area contributed by atoms with Crippen molar-refractivity contribution in [2.45, 2.75) is 47.0 Å². The summed E-state index contributed by atoms with van der Waals surface area (Å²) in [7, 11) is 0. The molecule has 2 nitrogen and oxygen atoms in total. The van der Waals surface area contributed by atoms with Gasteiger partial charge >= 0.3 is 0 Å². The van der Waals surface area contributed by atoms with Crippen LogP contribution in [0.2, 0.25) is 0 Å². The van der Waals surface area contributed by atoms with E-state index in [2.05, 4.69) is 31.9 Å². The summed E-state index contributed by atoms with van der Waals surface area (Å²) in [6, 6.07) is 0. The largest absolute Gasteiger partial charge is 0.205 e. The Morgan fingerprint density at radius 2 is 2.13 bits per heavy atom. The molecule has 2 unspecified atom stereocenters. The minimum Gasteiger partial charge on any atom is -0.205 e. The van der Waals surface area contributed by atoms with Crippen molar-refractivity contribution in [2.75, 3.05) is 0 Å². The zero-order valence-corrected chi connectivity index (χ0v) is 10.4. The molecule has 0 amide bonds. The first-order valence-corrected chi connectivity index (χ1v) is 5.86. The zero-order valence-electron chi connectivity index (χ0n) is 10.4. The van der Waals surface area contributed by atoms with Crippen molar-refractivity contribution < 1.29 is 0 Å². The van der Waals surface area contributed by atoms with E-state index in [1.54, 1.807) is 0 Å². The fraction of sp³-hybridized carbons (Fsp3) is 0.769. The maximum absolute atomic E-state index is 6.91. The minimum absolute atomic E-state index is 0.399. The normalized spacial score (nSPS) is 32.1. The van der Waals surface area contributed by atoms with E-state index in [1.165, 1.54) is 19.3 Å². The van der Waals surface area contributed by atoms with Crippen molar-refractivity contribution in [1.82, 2.24) is 5.84 Å². The molecule has 1 aliphatic rings. The molecule has 1 rings (SSSR count). The summed E-state index contributed by atoms with van der Waals surface area (Å²) in [5.41, 5.74) is 1.19. The SMILES string of the molecule is CC(/C=C/C1C(C)CCCC1(C)C)=N[NH]. The van der Waals surface area contributed by atoms with E-state index in [0.717, 1.165) is 11.6 Å². The van der Waals surface area contributed by atoms with Crippen LogP contribution in [0.5, 0.6) is 0 Å². The molecular formula is C13H23N2. The van der Waals surface area contributed by atoms with Crippen molar-refractivity contribution in [3.05, 3.63) is 12.2 Å². The fourth-order valence-corrected chi connectivity index (χ4v) is 2.73. The van der Waals surface area contributed by atoms with Crippen LogP contribution in [0.25, 0.3) is 0 Å². The van der Waals surface area contributed by atoms with Gasteiger partial charge in [0, 0.05) is 0 Å². The van der Waals surface area contributed by atoms with Crippen molar-refractivity contribution in [2.24, 2.45) is 22.4 Å². The van der Waals surface area contributed by atoms with Crippen LogP contribution in [-0.2, 0) is 0 Å². The number of rotatable bonds is 2. The maximum atomic E-state index is 6.91. The van der Waals surface area contributed by atoms with Gasteiger partial charge in [-0.15, -0.1) is 0 Å². The molecule has 0 aromatic rings. The molecule has 0 aliphatic heterocycles. The van der Waals surface area contributed by atoms with E-state index in [0.29, 0.717) is 11.3 Å². The summed E-state index contributed by atoms with van der Waals surface area (Å²) in [6.07, 6.45) is 8.25. The lowest BCUT2D eigenvalue weighted by Gasteiger charge is -2.41. The number of hydrogen-bond donors (Lipinski definition) is 0.